The van der Waals surface area contributed by atoms with Gasteiger partial charge in [0.2, 0.25) is 5.91 Å². The van der Waals surface area contributed by atoms with Gasteiger partial charge in [-0.3, -0.25) is 4.79 Å². The average molecular weight is 224 g/mol. The summed E-state index contributed by atoms with van der Waals surface area (Å²) in [4.78, 5) is 11.4. The molecule has 0 saturated heterocycles. The van der Waals surface area contributed by atoms with Gasteiger partial charge in [-0.2, -0.15) is 0 Å². The molecule has 1 unspecified atom stereocenters. The monoisotopic (exact) mass is 224 g/mol. The van der Waals surface area contributed by atoms with Gasteiger partial charge in [0.05, 0.1) is 0 Å². The fourth-order valence-electron chi connectivity index (χ4n) is 2.00. The zero-order chi connectivity index (χ0) is 11.8. The molecule has 92 valence electrons. The van der Waals surface area contributed by atoms with Crippen LogP contribution < -0.4 is 11.1 Å². The van der Waals surface area contributed by atoms with E-state index in [4.69, 9.17) is 5.73 Å². The normalized spacial score (nSPS) is 17.0. The van der Waals surface area contributed by atoms with E-state index in [1.807, 2.05) is 6.92 Å². The van der Waals surface area contributed by atoms with E-state index in [0.717, 1.165) is 25.8 Å². The molecule has 0 bridgehead atoms. The molecule has 0 aliphatic heterocycles. The maximum atomic E-state index is 11.4. The number of hydrogen-bond acceptors (Lipinski definition) is 2. The molecule has 0 heterocycles. The fraction of sp³-hybridized carbons (Fsp3) is 0.769. The van der Waals surface area contributed by atoms with Crippen LogP contribution in [0.25, 0.3) is 0 Å². The van der Waals surface area contributed by atoms with Crippen LogP contribution in [-0.4, -0.2) is 18.5 Å². The van der Waals surface area contributed by atoms with E-state index < -0.39 is 0 Å². The lowest BCUT2D eigenvalue weighted by Crippen LogP contribution is -2.25. The van der Waals surface area contributed by atoms with Crippen LogP contribution in [0.2, 0.25) is 0 Å². The lowest BCUT2D eigenvalue weighted by atomic mass is 10.1. The molecule has 0 spiro atoms. The lowest BCUT2D eigenvalue weighted by molar-refractivity contribution is -0.121. The first-order valence-electron chi connectivity index (χ1n) is 6.38. The third-order valence-electron chi connectivity index (χ3n) is 2.97. The minimum absolute atomic E-state index is 0.166. The second-order valence-electron chi connectivity index (χ2n) is 4.72. The first-order chi connectivity index (χ1) is 7.68. The molecule has 3 heteroatoms. The highest BCUT2D eigenvalue weighted by atomic mass is 16.1. The van der Waals surface area contributed by atoms with Gasteiger partial charge in [-0.1, -0.05) is 11.6 Å². The van der Waals surface area contributed by atoms with Crippen molar-refractivity contribution in [2.75, 3.05) is 6.54 Å². The Kier molecular flexibility index (Phi) is 6.16. The number of rotatable bonds is 7. The molecule has 3 N–H and O–H groups in total. The first-order valence-corrected chi connectivity index (χ1v) is 6.38. The minimum Gasteiger partial charge on any atom is -0.356 e. The quantitative estimate of drug-likeness (QED) is 0.651. The van der Waals surface area contributed by atoms with E-state index in [1.165, 1.54) is 24.8 Å². The molecule has 0 saturated carbocycles. The highest BCUT2D eigenvalue weighted by molar-refractivity contribution is 5.75. The molecule has 0 fully saturated rings. The van der Waals surface area contributed by atoms with Crippen molar-refractivity contribution in [3.05, 3.63) is 11.6 Å². The summed E-state index contributed by atoms with van der Waals surface area (Å²) < 4.78 is 0. The Balaban J connectivity index is 1.97. The number of hydrogen-bond donors (Lipinski definition) is 2. The van der Waals surface area contributed by atoms with Crippen molar-refractivity contribution in [1.82, 2.24) is 5.32 Å². The van der Waals surface area contributed by atoms with E-state index >= 15 is 0 Å². The Morgan fingerprint density at radius 3 is 3.06 bits per heavy atom. The maximum Gasteiger partial charge on any atom is 0.220 e. The average Bonchev–Trinajstić information content (AvgIpc) is 2.70. The van der Waals surface area contributed by atoms with Crippen LogP contribution >= 0.6 is 0 Å². The summed E-state index contributed by atoms with van der Waals surface area (Å²) in [6.45, 7) is 2.77. The maximum absolute atomic E-state index is 11.4. The predicted octanol–water partition coefficient (Wildman–Crippen LogP) is 2.12. The van der Waals surface area contributed by atoms with Crippen LogP contribution in [-0.2, 0) is 4.79 Å². The number of nitrogens with two attached hydrogens (primary N) is 1. The molecule has 1 aliphatic rings. The summed E-state index contributed by atoms with van der Waals surface area (Å²) in [5, 5.41) is 2.96. The van der Waals surface area contributed by atoms with Crippen molar-refractivity contribution in [3.8, 4) is 0 Å². The number of carbonyl (C=O) groups excluding carboxylic acids is 1. The van der Waals surface area contributed by atoms with E-state index in [-0.39, 0.29) is 11.9 Å². The van der Waals surface area contributed by atoms with E-state index in [1.54, 1.807) is 0 Å². The second-order valence-corrected chi connectivity index (χ2v) is 4.72. The summed E-state index contributed by atoms with van der Waals surface area (Å²) >= 11 is 0. The third kappa shape index (κ3) is 5.91. The predicted molar refractivity (Wildman–Crippen MR) is 67.1 cm³/mol. The summed E-state index contributed by atoms with van der Waals surface area (Å²) in [7, 11) is 0. The van der Waals surface area contributed by atoms with Gasteiger partial charge in [-0.05, 0) is 45.4 Å². The molecule has 1 atom stereocenters. The fourth-order valence-corrected chi connectivity index (χ4v) is 2.00. The Morgan fingerprint density at radius 1 is 1.62 bits per heavy atom. The topological polar surface area (TPSA) is 55.1 Å². The first kappa shape index (κ1) is 13.2. The summed E-state index contributed by atoms with van der Waals surface area (Å²) in [5.41, 5.74) is 7.13. The highest BCUT2D eigenvalue weighted by Gasteiger charge is 2.05. The highest BCUT2D eigenvalue weighted by Crippen LogP contribution is 2.19. The SMILES string of the molecule is CC(N)CCCC(=O)NCCC1=CCCC1. The molecule has 0 aromatic rings. The molecule has 1 aliphatic carbocycles. The van der Waals surface area contributed by atoms with Gasteiger partial charge in [-0.25, -0.2) is 0 Å². The van der Waals surface area contributed by atoms with E-state index in [9.17, 15) is 4.79 Å². The Hall–Kier alpha value is -0.830. The molecular weight excluding hydrogens is 200 g/mol. The summed E-state index contributed by atoms with van der Waals surface area (Å²) in [6, 6.07) is 0.205. The van der Waals surface area contributed by atoms with Gasteiger partial charge in [0.1, 0.15) is 0 Å². The third-order valence-corrected chi connectivity index (χ3v) is 2.97. The summed E-state index contributed by atoms with van der Waals surface area (Å²) in [5.74, 6) is 0.166. The van der Waals surface area contributed by atoms with Crippen LogP contribution in [0.1, 0.15) is 51.9 Å². The number of carbonyl (C=O) groups is 1. The summed E-state index contributed by atoms with van der Waals surface area (Å²) in [6.07, 6.45) is 9.50. The van der Waals surface area contributed by atoms with Crippen molar-refractivity contribution in [2.45, 2.75) is 57.9 Å². The zero-order valence-corrected chi connectivity index (χ0v) is 10.3. The van der Waals surface area contributed by atoms with Gasteiger partial charge in [0.15, 0.2) is 0 Å². The van der Waals surface area contributed by atoms with Crippen LogP contribution in [0.15, 0.2) is 11.6 Å². The molecule has 0 aromatic carbocycles. The van der Waals surface area contributed by atoms with E-state index in [0.29, 0.717) is 6.42 Å². The van der Waals surface area contributed by atoms with Gasteiger partial charge in [0, 0.05) is 19.0 Å². The molecule has 0 aromatic heterocycles. The lowest BCUT2D eigenvalue weighted by Gasteiger charge is -2.07. The Morgan fingerprint density at radius 2 is 2.44 bits per heavy atom. The Labute approximate surface area is 98.5 Å². The smallest absolute Gasteiger partial charge is 0.220 e. The molecule has 3 nitrogen and oxygen atoms in total. The number of amides is 1. The van der Waals surface area contributed by atoms with Crippen LogP contribution in [0, 0.1) is 0 Å². The van der Waals surface area contributed by atoms with Crippen molar-refractivity contribution < 1.29 is 4.79 Å². The van der Waals surface area contributed by atoms with Gasteiger partial charge >= 0.3 is 0 Å². The van der Waals surface area contributed by atoms with Crippen molar-refractivity contribution >= 4 is 5.91 Å². The van der Waals surface area contributed by atoms with Gasteiger partial charge in [-0.15, -0.1) is 0 Å². The molecule has 16 heavy (non-hydrogen) atoms. The number of allylic oxidation sites excluding steroid dienone is 1. The number of nitrogens with one attached hydrogen (secondary N) is 1. The van der Waals surface area contributed by atoms with Crippen LogP contribution in [0.5, 0.6) is 0 Å². The van der Waals surface area contributed by atoms with Gasteiger partial charge in [0.25, 0.3) is 0 Å². The molecular formula is C13H24N2O. The van der Waals surface area contributed by atoms with Crippen molar-refractivity contribution in [1.29, 1.82) is 0 Å². The minimum atomic E-state index is 0.166. The van der Waals surface area contributed by atoms with Crippen molar-refractivity contribution in [3.63, 3.8) is 0 Å². The van der Waals surface area contributed by atoms with Gasteiger partial charge < -0.3 is 11.1 Å². The van der Waals surface area contributed by atoms with Crippen LogP contribution in [0.3, 0.4) is 0 Å². The Bertz CT molecular complexity index is 246. The molecule has 1 amide bonds. The standard InChI is InChI=1S/C13H24N2O/c1-11(14)5-4-8-13(16)15-10-9-12-6-2-3-7-12/h6,11H,2-5,7-10,14H2,1H3,(H,15,16). The van der Waals surface area contributed by atoms with Crippen molar-refractivity contribution in [2.24, 2.45) is 5.73 Å². The molecule has 0 radical (unpaired) electrons. The largest absolute Gasteiger partial charge is 0.356 e. The van der Waals surface area contributed by atoms with E-state index in [2.05, 4.69) is 11.4 Å². The zero-order valence-electron chi connectivity index (χ0n) is 10.3. The second kappa shape index (κ2) is 7.44. The molecule has 1 rings (SSSR count). The van der Waals surface area contributed by atoms with Crippen LogP contribution in [0.4, 0.5) is 0 Å².